The molecular formula is C22H29N3O2. The van der Waals surface area contributed by atoms with Crippen molar-refractivity contribution in [1.29, 1.82) is 0 Å². The van der Waals surface area contributed by atoms with Gasteiger partial charge in [-0.3, -0.25) is 14.6 Å². The van der Waals surface area contributed by atoms with E-state index in [4.69, 9.17) is 0 Å². The second kappa shape index (κ2) is 9.31. The summed E-state index contributed by atoms with van der Waals surface area (Å²) in [4.78, 5) is 31.1. The van der Waals surface area contributed by atoms with E-state index >= 15 is 0 Å². The molecule has 144 valence electrons. The molecule has 1 aromatic carbocycles. The molecule has 27 heavy (non-hydrogen) atoms. The number of carbonyl (C=O) groups excluding carboxylic acids is 2. The molecule has 0 radical (unpaired) electrons. The number of nitrogens with zero attached hydrogens (tertiary/aromatic N) is 2. The van der Waals surface area contributed by atoms with Gasteiger partial charge in [-0.25, -0.2) is 0 Å². The molecule has 2 rings (SSSR count). The highest BCUT2D eigenvalue weighted by molar-refractivity contribution is 6.05. The number of hydrogen-bond donors (Lipinski definition) is 1. The molecule has 0 spiro atoms. The van der Waals surface area contributed by atoms with E-state index in [9.17, 15) is 9.59 Å². The van der Waals surface area contributed by atoms with Crippen molar-refractivity contribution in [2.75, 3.05) is 18.9 Å². The molecular weight excluding hydrogens is 338 g/mol. The SMILES string of the molecule is CCCCN(C)C(=O)c1ccnc(C(=O)Nc2c(C)cccc2C(C)C)c1. The first-order valence-corrected chi connectivity index (χ1v) is 9.47. The quantitative estimate of drug-likeness (QED) is 0.775. The summed E-state index contributed by atoms with van der Waals surface area (Å²) >= 11 is 0. The van der Waals surface area contributed by atoms with Crippen LogP contribution < -0.4 is 5.32 Å². The van der Waals surface area contributed by atoms with Gasteiger partial charge in [-0.05, 0) is 42.5 Å². The summed E-state index contributed by atoms with van der Waals surface area (Å²) in [5.74, 6) is -0.121. The lowest BCUT2D eigenvalue weighted by atomic mass is 9.98. The van der Waals surface area contributed by atoms with E-state index < -0.39 is 0 Å². The molecule has 1 aromatic heterocycles. The third-order valence-electron chi connectivity index (χ3n) is 4.60. The number of anilines is 1. The molecule has 0 saturated carbocycles. The maximum absolute atomic E-state index is 12.8. The first-order chi connectivity index (χ1) is 12.8. The molecule has 2 amide bonds. The van der Waals surface area contributed by atoms with E-state index in [1.165, 1.54) is 6.20 Å². The normalized spacial score (nSPS) is 10.7. The monoisotopic (exact) mass is 367 g/mol. The van der Waals surface area contributed by atoms with Crippen molar-refractivity contribution >= 4 is 17.5 Å². The van der Waals surface area contributed by atoms with Gasteiger partial charge in [-0.2, -0.15) is 0 Å². The zero-order chi connectivity index (χ0) is 20.0. The third kappa shape index (κ3) is 5.16. The van der Waals surface area contributed by atoms with Crippen LogP contribution in [0.5, 0.6) is 0 Å². The fourth-order valence-electron chi connectivity index (χ4n) is 2.92. The molecule has 0 aliphatic rings. The average molecular weight is 367 g/mol. The van der Waals surface area contributed by atoms with E-state index in [2.05, 4.69) is 31.1 Å². The first-order valence-electron chi connectivity index (χ1n) is 9.47. The van der Waals surface area contributed by atoms with Gasteiger partial charge in [0.15, 0.2) is 0 Å². The van der Waals surface area contributed by atoms with Crippen molar-refractivity contribution in [1.82, 2.24) is 9.88 Å². The summed E-state index contributed by atoms with van der Waals surface area (Å²) in [6.45, 7) is 8.93. The molecule has 1 N–H and O–H groups in total. The van der Waals surface area contributed by atoms with E-state index in [1.54, 1.807) is 24.1 Å². The number of aryl methyl sites for hydroxylation is 1. The Hall–Kier alpha value is -2.69. The van der Waals surface area contributed by atoms with E-state index in [0.717, 1.165) is 29.7 Å². The van der Waals surface area contributed by atoms with Crippen LogP contribution in [0.25, 0.3) is 0 Å². The summed E-state index contributed by atoms with van der Waals surface area (Å²) < 4.78 is 0. The number of hydrogen-bond acceptors (Lipinski definition) is 3. The standard InChI is InChI=1S/C22H29N3O2/c1-6-7-13-25(5)22(27)17-11-12-23-19(14-17)21(26)24-20-16(4)9-8-10-18(20)15(2)3/h8-12,14-15H,6-7,13H2,1-5H3,(H,24,26). The minimum atomic E-state index is -0.308. The number of para-hydroxylation sites is 1. The van der Waals surface area contributed by atoms with Crippen LogP contribution in [-0.4, -0.2) is 35.3 Å². The minimum absolute atomic E-state index is 0.0985. The lowest BCUT2D eigenvalue weighted by Gasteiger charge is -2.18. The predicted octanol–water partition coefficient (Wildman–Crippen LogP) is 4.64. The van der Waals surface area contributed by atoms with E-state index in [0.29, 0.717) is 12.1 Å². The van der Waals surface area contributed by atoms with E-state index in [-0.39, 0.29) is 23.4 Å². The van der Waals surface area contributed by atoms with Gasteiger partial charge < -0.3 is 10.2 Å². The van der Waals surface area contributed by atoms with Gasteiger partial charge in [0, 0.05) is 31.0 Å². The van der Waals surface area contributed by atoms with Crippen LogP contribution in [0, 0.1) is 6.92 Å². The number of unbranched alkanes of at least 4 members (excludes halogenated alkanes) is 1. The van der Waals surface area contributed by atoms with Crippen molar-refractivity contribution in [2.24, 2.45) is 0 Å². The lowest BCUT2D eigenvalue weighted by molar-refractivity contribution is 0.0793. The van der Waals surface area contributed by atoms with Gasteiger partial charge in [0.05, 0.1) is 0 Å². The highest BCUT2D eigenvalue weighted by Crippen LogP contribution is 2.27. The van der Waals surface area contributed by atoms with Gasteiger partial charge >= 0.3 is 0 Å². The number of amides is 2. The highest BCUT2D eigenvalue weighted by atomic mass is 16.2. The summed E-state index contributed by atoms with van der Waals surface area (Å²) in [5, 5.41) is 2.98. The average Bonchev–Trinajstić information content (AvgIpc) is 2.66. The second-order valence-electron chi connectivity index (χ2n) is 7.16. The predicted molar refractivity (Wildman–Crippen MR) is 109 cm³/mol. The molecule has 0 fully saturated rings. The fourth-order valence-corrected chi connectivity index (χ4v) is 2.92. The molecule has 0 atom stereocenters. The van der Waals surface area contributed by atoms with Crippen LogP contribution in [0.3, 0.4) is 0 Å². The van der Waals surface area contributed by atoms with Crippen molar-refractivity contribution in [3.63, 3.8) is 0 Å². The van der Waals surface area contributed by atoms with Crippen LogP contribution in [0.1, 0.15) is 71.5 Å². The van der Waals surface area contributed by atoms with Crippen LogP contribution >= 0.6 is 0 Å². The maximum atomic E-state index is 12.8. The number of pyridine rings is 1. The second-order valence-corrected chi connectivity index (χ2v) is 7.16. The number of benzene rings is 1. The van der Waals surface area contributed by atoms with Crippen molar-refractivity contribution in [2.45, 2.75) is 46.5 Å². The molecule has 0 aliphatic carbocycles. The van der Waals surface area contributed by atoms with Crippen LogP contribution in [0.4, 0.5) is 5.69 Å². The van der Waals surface area contributed by atoms with Crippen molar-refractivity contribution in [3.05, 3.63) is 58.9 Å². The minimum Gasteiger partial charge on any atom is -0.342 e. The Morgan fingerprint density at radius 2 is 1.96 bits per heavy atom. The Kier molecular flexibility index (Phi) is 7.11. The summed E-state index contributed by atoms with van der Waals surface area (Å²) in [6.07, 6.45) is 3.49. The van der Waals surface area contributed by atoms with Crippen LogP contribution in [0.15, 0.2) is 36.5 Å². The van der Waals surface area contributed by atoms with Gasteiger partial charge in [-0.15, -0.1) is 0 Å². The molecule has 5 nitrogen and oxygen atoms in total. The Morgan fingerprint density at radius 3 is 2.63 bits per heavy atom. The largest absolute Gasteiger partial charge is 0.342 e. The first kappa shape index (κ1) is 20.6. The summed E-state index contributed by atoms with van der Waals surface area (Å²) in [7, 11) is 1.78. The fraction of sp³-hybridized carbons (Fsp3) is 0.409. The van der Waals surface area contributed by atoms with Crippen LogP contribution in [0.2, 0.25) is 0 Å². The van der Waals surface area contributed by atoms with Gasteiger partial charge in [0.1, 0.15) is 5.69 Å². The number of aromatic nitrogens is 1. The Balaban J connectivity index is 2.23. The Morgan fingerprint density at radius 1 is 1.22 bits per heavy atom. The van der Waals surface area contributed by atoms with E-state index in [1.807, 2.05) is 25.1 Å². The number of carbonyl (C=O) groups is 2. The third-order valence-corrected chi connectivity index (χ3v) is 4.60. The van der Waals surface area contributed by atoms with Gasteiger partial charge in [-0.1, -0.05) is 45.4 Å². The van der Waals surface area contributed by atoms with Gasteiger partial charge in [0.25, 0.3) is 11.8 Å². The maximum Gasteiger partial charge on any atom is 0.274 e. The van der Waals surface area contributed by atoms with Crippen molar-refractivity contribution < 1.29 is 9.59 Å². The summed E-state index contributed by atoms with van der Waals surface area (Å²) in [5.41, 5.74) is 3.61. The Bertz CT molecular complexity index is 815. The number of rotatable bonds is 7. The molecule has 0 unspecified atom stereocenters. The zero-order valence-corrected chi connectivity index (χ0v) is 16.9. The lowest BCUT2D eigenvalue weighted by Crippen LogP contribution is -2.28. The molecule has 0 saturated heterocycles. The number of nitrogens with one attached hydrogen (secondary N) is 1. The van der Waals surface area contributed by atoms with Crippen LogP contribution in [-0.2, 0) is 0 Å². The van der Waals surface area contributed by atoms with Gasteiger partial charge in [0.2, 0.25) is 0 Å². The molecule has 2 aromatic rings. The molecule has 5 heteroatoms. The topological polar surface area (TPSA) is 62.3 Å². The van der Waals surface area contributed by atoms with Crippen molar-refractivity contribution in [3.8, 4) is 0 Å². The summed E-state index contributed by atoms with van der Waals surface area (Å²) in [6, 6.07) is 9.19. The Labute approximate surface area is 161 Å². The highest BCUT2D eigenvalue weighted by Gasteiger charge is 2.17. The molecule has 0 aliphatic heterocycles. The smallest absolute Gasteiger partial charge is 0.274 e. The molecule has 1 heterocycles. The zero-order valence-electron chi connectivity index (χ0n) is 16.9. The molecule has 0 bridgehead atoms.